The van der Waals surface area contributed by atoms with Crippen molar-refractivity contribution in [2.24, 2.45) is 5.73 Å². The van der Waals surface area contributed by atoms with Crippen LogP contribution in [-0.4, -0.2) is 28.2 Å². The first-order valence-corrected chi connectivity index (χ1v) is 6.38. The Morgan fingerprint density at radius 1 is 1.29 bits per heavy atom. The van der Waals surface area contributed by atoms with E-state index in [0.29, 0.717) is 0 Å². The molecule has 4 nitrogen and oxygen atoms in total. The molecular weight excluding hydrogens is 285 g/mol. The van der Waals surface area contributed by atoms with Gasteiger partial charge in [0, 0.05) is 12.1 Å². The Morgan fingerprint density at radius 3 is 2.19 bits per heavy atom. The lowest BCUT2D eigenvalue weighted by Gasteiger charge is -2.40. The Bertz CT molecular complexity index is 510. The summed E-state index contributed by atoms with van der Waals surface area (Å²) < 4.78 is 39.3. The third-order valence-electron chi connectivity index (χ3n) is 3.09. The fourth-order valence-electron chi connectivity index (χ4n) is 2.30. The van der Waals surface area contributed by atoms with Crippen LogP contribution in [0.3, 0.4) is 0 Å². The summed E-state index contributed by atoms with van der Waals surface area (Å²) in [6.45, 7) is 4.59. The predicted octanol–water partition coefficient (Wildman–Crippen LogP) is 3.48. The molecule has 1 aromatic rings. The highest BCUT2D eigenvalue weighted by atomic mass is 19.4. The molecular formula is C14H19F3N2O2. The summed E-state index contributed by atoms with van der Waals surface area (Å²) in [5, 5.41) is 9.35. The molecule has 0 aliphatic carbocycles. The number of rotatable bonds is 3. The van der Waals surface area contributed by atoms with Gasteiger partial charge in [0.1, 0.15) is 0 Å². The fourth-order valence-corrected chi connectivity index (χ4v) is 2.30. The second-order valence-electron chi connectivity index (χ2n) is 5.66. The Labute approximate surface area is 121 Å². The van der Waals surface area contributed by atoms with E-state index in [9.17, 15) is 23.1 Å². The van der Waals surface area contributed by atoms with E-state index in [0.717, 1.165) is 11.0 Å². The number of nitrogens with zero attached hydrogens (tertiary/aromatic N) is 1. The van der Waals surface area contributed by atoms with E-state index in [1.807, 2.05) is 0 Å². The Balaban J connectivity index is 3.44. The molecule has 1 unspecified atom stereocenters. The number of amides is 1. The van der Waals surface area contributed by atoms with Crippen LogP contribution < -0.4 is 5.73 Å². The molecule has 0 heterocycles. The van der Waals surface area contributed by atoms with E-state index in [2.05, 4.69) is 0 Å². The third kappa shape index (κ3) is 3.87. The van der Waals surface area contributed by atoms with Crippen LogP contribution in [0.5, 0.6) is 0 Å². The van der Waals surface area contributed by atoms with Crippen molar-refractivity contribution >= 4 is 6.09 Å². The first-order valence-electron chi connectivity index (χ1n) is 6.38. The summed E-state index contributed by atoms with van der Waals surface area (Å²) in [5.74, 6) is 0. The average Bonchev–Trinajstić information content (AvgIpc) is 2.32. The van der Waals surface area contributed by atoms with Crippen LogP contribution in [0, 0.1) is 0 Å². The molecule has 0 bridgehead atoms. The maximum atomic E-state index is 13.1. The standard InChI is InChI=1S/C14H19F3N2O2/c1-13(2,3)19(12(20)21)11(8-18)9-6-4-5-7-10(9)14(15,16)17/h4-7,11H,8,18H2,1-3H3,(H,20,21). The smallest absolute Gasteiger partial charge is 0.416 e. The minimum atomic E-state index is -4.56. The lowest BCUT2D eigenvalue weighted by atomic mass is 9.94. The molecule has 0 spiro atoms. The molecule has 3 N–H and O–H groups in total. The van der Waals surface area contributed by atoms with Crippen LogP contribution in [0.1, 0.15) is 37.9 Å². The SMILES string of the molecule is CC(C)(C)N(C(=O)O)C(CN)c1ccccc1C(F)(F)F. The van der Waals surface area contributed by atoms with E-state index in [1.165, 1.54) is 18.2 Å². The zero-order valence-corrected chi connectivity index (χ0v) is 12.1. The zero-order chi connectivity index (χ0) is 16.4. The third-order valence-corrected chi connectivity index (χ3v) is 3.09. The van der Waals surface area contributed by atoms with Crippen molar-refractivity contribution < 1.29 is 23.1 Å². The molecule has 7 heteroatoms. The quantitative estimate of drug-likeness (QED) is 0.898. The van der Waals surface area contributed by atoms with E-state index < -0.39 is 29.4 Å². The van der Waals surface area contributed by atoms with Crippen LogP contribution in [-0.2, 0) is 6.18 Å². The normalized spacial score (nSPS) is 13.9. The lowest BCUT2D eigenvalue weighted by molar-refractivity contribution is -0.139. The second kappa shape index (κ2) is 5.93. The van der Waals surface area contributed by atoms with Crippen LogP contribution in [0.4, 0.5) is 18.0 Å². The lowest BCUT2D eigenvalue weighted by Crippen LogP contribution is -2.49. The van der Waals surface area contributed by atoms with Gasteiger partial charge in [0.25, 0.3) is 0 Å². The molecule has 0 saturated heterocycles. The molecule has 1 atom stereocenters. The summed E-state index contributed by atoms with van der Waals surface area (Å²) in [5.41, 5.74) is 3.70. The number of hydrogen-bond acceptors (Lipinski definition) is 2. The maximum Gasteiger partial charge on any atom is 0.416 e. The molecule has 0 aliphatic heterocycles. The van der Waals surface area contributed by atoms with Crippen molar-refractivity contribution in [1.82, 2.24) is 4.90 Å². The number of carbonyl (C=O) groups is 1. The molecule has 1 amide bonds. The molecule has 1 aromatic carbocycles. The van der Waals surface area contributed by atoms with Crippen molar-refractivity contribution in [1.29, 1.82) is 0 Å². The molecule has 1 rings (SSSR count). The topological polar surface area (TPSA) is 66.6 Å². The molecule has 21 heavy (non-hydrogen) atoms. The number of alkyl halides is 3. The number of halogens is 3. The predicted molar refractivity (Wildman–Crippen MR) is 72.9 cm³/mol. The molecule has 0 aromatic heterocycles. The van der Waals surface area contributed by atoms with Gasteiger partial charge in [0.15, 0.2) is 0 Å². The highest BCUT2D eigenvalue weighted by Gasteiger charge is 2.39. The Kier molecular flexibility index (Phi) is 4.88. The van der Waals surface area contributed by atoms with Crippen LogP contribution in [0.15, 0.2) is 24.3 Å². The van der Waals surface area contributed by atoms with Crippen LogP contribution >= 0.6 is 0 Å². The number of nitrogens with two attached hydrogens (primary N) is 1. The highest BCUT2D eigenvalue weighted by Crippen LogP contribution is 2.37. The summed E-state index contributed by atoms with van der Waals surface area (Å²) >= 11 is 0. The van der Waals surface area contributed by atoms with Crippen molar-refractivity contribution in [3.05, 3.63) is 35.4 Å². The van der Waals surface area contributed by atoms with E-state index in [1.54, 1.807) is 20.8 Å². The molecule has 0 saturated carbocycles. The van der Waals surface area contributed by atoms with Crippen LogP contribution in [0.2, 0.25) is 0 Å². The summed E-state index contributed by atoms with van der Waals surface area (Å²) in [6, 6.07) is 3.83. The van der Waals surface area contributed by atoms with Gasteiger partial charge in [-0.25, -0.2) is 4.79 Å². The van der Waals surface area contributed by atoms with Gasteiger partial charge in [-0.2, -0.15) is 13.2 Å². The van der Waals surface area contributed by atoms with Gasteiger partial charge < -0.3 is 10.8 Å². The van der Waals surface area contributed by atoms with Gasteiger partial charge in [0.05, 0.1) is 11.6 Å². The molecule has 0 fully saturated rings. The number of carboxylic acid groups (broad SMARTS) is 1. The van der Waals surface area contributed by atoms with Gasteiger partial charge in [0.2, 0.25) is 0 Å². The second-order valence-corrected chi connectivity index (χ2v) is 5.66. The fraction of sp³-hybridized carbons (Fsp3) is 0.500. The van der Waals surface area contributed by atoms with Gasteiger partial charge >= 0.3 is 12.3 Å². The van der Waals surface area contributed by atoms with Gasteiger partial charge in [-0.15, -0.1) is 0 Å². The van der Waals surface area contributed by atoms with Crippen molar-refractivity contribution in [3.8, 4) is 0 Å². The molecule has 118 valence electrons. The van der Waals surface area contributed by atoms with Crippen molar-refractivity contribution in [2.45, 2.75) is 38.5 Å². The van der Waals surface area contributed by atoms with Crippen molar-refractivity contribution in [3.63, 3.8) is 0 Å². The minimum Gasteiger partial charge on any atom is -0.465 e. The average molecular weight is 304 g/mol. The van der Waals surface area contributed by atoms with Gasteiger partial charge in [-0.3, -0.25) is 4.90 Å². The summed E-state index contributed by atoms with van der Waals surface area (Å²) in [4.78, 5) is 12.4. The van der Waals surface area contributed by atoms with Gasteiger partial charge in [-0.1, -0.05) is 18.2 Å². The number of benzene rings is 1. The van der Waals surface area contributed by atoms with Gasteiger partial charge in [-0.05, 0) is 32.4 Å². The van der Waals surface area contributed by atoms with E-state index in [-0.39, 0.29) is 12.1 Å². The minimum absolute atomic E-state index is 0.134. The first-order chi connectivity index (χ1) is 9.50. The van der Waals surface area contributed by atoms with Crippen LogP contribution in [0.25, 0.3) is 0 Å². The first kappa shape index (κ1) is 17.3. The number of hydrogen-bond donors (Lipinski definition) is 2. The maximum absolute atomic E-state index is 13.1. The monoisotopic (exact) mass is 304 g/mol. The van der Waals surface area contributed by atoms with E-state index >= 15 is 0 Å². The highest BCUT2D eigenvalue weighted by molar-refractivity contribution is 5.67. The summed E-state index contributed by atoms with van der Waals surface area (Å²) in [7, 11) is 0. The Hall–Kier alpha value is -1.76. The molecule has 0 radical (unpaired) electrons. The Morgan fingerprint density at radius 2 is 1.81 bits per heavy atom. The zero-order valence-electron chi connectivity index (χ0n) is 12.1. The summed E-state index contributed by atoms with van der Waals surface area (Å²) in [6.07, 6.45) is -5.87. The van der Waals surface area contributed by atoms with Crippen molar-refractivity contribution in [2.75, 3.05) is 6.54 Å². The largest absolute Gasteiger partial charge is 0.465 e. The van der Waals surface area contributed by atoms with E-state index in [4.69, 9.17) is 5.73 Å². The molecule has 0 aliphatic rings.